The Kier molecular flexibility index (Phi) is 3.71. The van der Waals surface area contributed by atoms with Gasteiger partial charge in [0.05, 0.1) is 4.47 Å². The van der Waals surface area contributed by atoms with Crippen molar-refractivity contribution in [2.45, 2.75) is 39.8 Å². The van der Waals surface area contributed by atoms with E-state index in [1.807, 2.05) is 27.7 Å². The van der Waals surface area contributed by atoms with Gasteiger partial charge in [0, 0.05) is 28.5 Å². The number of halogens is 2. The van der Waals surface area contributed by atoms with E-state index in [-0.39, 0.29) is 28.8 Å². The van der Waals surface area contributed by atoms with Crippen LogP contribution in [0.3, 0.4) is 0 Å². The molecule has 0 radical (unpaired) electrons. The fourth-order valence-electron chi connectivity index (χ4n) is 3.40. The molecule has 2 rings (SSSR count). The van der Waals surface area contributed by atoms with E-state index in [0.717, 1.165) is 0 Å². The Morgan fingerprint density at radius 3 is 2.35 bits per heavy atom. The molecule has 110 valence electrons. The molecular formula is C15H20BrFN2O. The summed E-state index contributed by atoms with van der Waals surface area (Å²) in [6.07, 6.45) is 0. The lowest BCUT2D eigenvalue weighted by Gasteiger charge is -2.62. The van der Waals surface area contributed by atoms with E-state index in [9.17, 15) is 9.18 Å². The molecule has 0 saturated heterocycles. The average Bonchev–Trinajstić information content (AvgIpc) is 2.37. The highest BCUT2D eigenvalue weighted by atomic mass is 79.9. The van der Waals surface area contributed by atoms with Crippen LogP contribution < -0.4 is 11.1 Å². The lowest BCUT2D eigenvalue weighted by Crippen LogP contribution is -2.76. The Hall–Kier alpha value is -0.940. The van der Waals surface area contributed by atoms with Crippen LogP contribution in [0.15, 0.2) is 22.7 Å². The highest BCUT2D eigenvalue weighted by Crippen LogP contribution is 2.52. The van der Waals surface area contributed by atoms with Crippen LogP contribution in [0.5, 0.6) is 0 Å². The Morgan fingerprint density at radius 2 is 1.85 bits per heavy atom. The van der Waals surface area contributed by atoms with Crippen molar-refractivity contribution < 1.29 is 9.18 Å². The van der Waals surface area contributed by atoms with Crippen LogP contribution in [0.25, 0.3) is 0 Å². The molecule has 1 aliphatic carbocycles. The lowest BCUT2D eigenvalue weighted by atomic mass is 9.48. The number of hydrogen-bond donors (Lipinski definition) is 2. The molecule has 20 heavy (non-hydrogen) atoms. The number of nitrogens with one attached hydrogen (secondary N) is 1. The zero-order chi connectivity index (χ0) is 15.3. The van der Waals surface area contributed by atoms with Crippen LogP contribution in [-0.4, -0.2) is 18.0 Å². The Bertz CT molecular complexity index is 541. The van der Waals surface area contributed by atoms with E-state index < -0.39 is 5.82 Å². The molecule has 3 N–H and O–H groups in total. The van der Waals surface area contributed by atoms with E-state index in [4.69, 9.17) is 5.73 Å². The zero-order valence-corrected chi connectivity index (χ0v) is 13.7. The Labute approximate surface area is 127 Å². The van der Waals surface area contributed by atoms with Crippen LogP contribution in [0.4, 0.5) is 4.39 Å². The fourth-order valence-corrected chi connectivity index (χ4v) is 3.65. The monoisotopic (exact) mass is 342 g/mol. The topological polar surface area (TPSA) is 55.1 Å². The minimum atomic E-state index is -0.443. The van der Waals surface area contributed by atoms with Crippen LogP contribution >= 0.6 is 15.9 Å². The molecule has 0 aromatic heterocycles. The second-order valence-electron chi connectivity index (χ2n) is 6.66. The van der Waals surface area contributed by atoms with Crippen molar-refractivity contribution in [3.05, 3.63) is 34.1 Å². The number of benzene rings is 1. The molecule has 0 atom stereocenters. The Morgan fingerprint density at radius 1 is 1.30 bits per heavy atom. The lowest BCUT2D eigenvalue weighted by molar-refractivity contribution is -0.0663. The molecule has 0 aliphatic heterocycles. The third kappa shape index (κ3) is 2.27. The highest BCUT2D eigenvalue weighted by molar-refractivity contribution is 9.10. The van der Waals surface area contributed by atoms with Crippen molar-refractivity contribution in [2.24, 2.45) is 16.6 Å². The van der Waals surface area contributed by atoms with Crippen molar-refractivity contribution in [1.82, 2.24) is 5.32 Å². The van der Waals surface area contributed by atoms with Gasteiger partial charge >= 0.3 is 0 Å². The molecule has 1 aromatic carbocycles. The first-order valence-corrected chi connectivity index (χ1v) is 7.39. The summed E-state index contributed by atoms with van der Waals surface area (Å²) in [5.74, 6) is -0.712. The molecule has 3 nitrogen and oxygen atoms in total. The van der Waals surface area contributed by atoms with Crippen molar-refractivity contribution in [1.29, 1.82) is 0 Å². The van der Waals surface area contributed by atoms with E-state index in [1.165, 1.54) is 12.1 Å². The van der Waals surface area contributed by atoms with Gasteiger partial charge in [-0.1, -0.05) is 27.7 Å². The molecule has 1 fully saturated rings. The standard InChI is InChI=1S/C15H20BrFN2O/c1-14(2)12(18)15(3,4)13(14)19-11(20)8-5-6-9(16)10(17)7-8/h5-7,12-13H,18H2,1-4H3,(H,19,20). The number of carbonyl (C=O) groups excluding carboxylic acids is 1. The smallest absolute Gasteiger partial charge is 0.251 e. The van der Waals surface area contributed by atoms with E-state index in [0.29, 0.717) is 10.0 Å². The summed E-state index contributed by atoms with van der Waals surface area (Å²) < 4.78 is 13.8. The van der Waals surface area contributed by atoms with Gasteiger partial charge in [0.15, 0.2) is 0 Å². The molecule has 1 aromatic rings. The predicted molar refractivity (Wildman–Crippen MR) is 80.9 cm³/mol. The molecule has 0 spiro atoms. The molecule has 1 aliphatic rings. The summed E-state index contributed by atoms with van der Waals surface area (Å²) in [6, 6.07) is 4.35. The van der Waals surface area contributed by atoms with Crippen LogP contribution in [0, 0.1) is 16.6 Å². The zero-order valence-electron chi connectivity index (χ0n) is 12.1. The summed E-state index contributed by atoms with van der Waals surface area (Å²) in [5, 5.41) is 2.99. The first-order valence-electron chi connectivity index (χ1n) is 6.60. The number of hydrogen-bond acceptors (Lipinski definition) is 2. The van der Waals surface area contributed by atoms with Crippen molar-refractivity contribution in [3.8, 4) is 0 Å². The first kappa shape index (κ1) is 15.4. The maximum Gasteiger partial charge on any atom is 0.251 e. The molecule has 5 heteroatoms. The molecular weight excluding hydrogens is 323 g/mol. The largest absolute Gasteiger partial charge is 0.348 e. The third-order valence-electron chi connectivity index (χ3n) is 4.55. The summed E-state index contributed by atoms with van der Waals surface area (Å²) in [5.41, 5.74) is 6.14. The van der Waals surface area contributed by atoms with Crippen molar-refractivity contribution in [2.75, 3.05) is 0 Å². The van der Waals surface area contributed by atoms with Gasteiger partial charge in [0.25, 0.3) is 5.91 Å². The van der Waals surface area contributed by atoms with Crippen molar-refractivity contribution >= 4 is 21.8 Å². The SMILES string of the molecule is CC1(C)C(N)C(C)(C)C1NC(=O)c1ccc(Br)c(F)c1. The fraction of sp³-hybridized carbons (Fsp3) is 0.533. The number of amides is 1. The maximum absolute atomic E-state index is 13.5. The van der Waals surface area contributed by atoms with Gasteiger partial charge < -0.3 is 11.1 Å². The third-order valence-corrected chi connectivity index (χ3v) is 5.19. The van der Waals surface area contributed by atoms with Gasteiger partial charge in [-0.3, -0.25) is 4.79 Å². The molecule has 1 saturated carbocycles. The van der Waals surface area contributed by atoms with Crippen LogP contribution in [0.2, 0.25) is 0 Å². The summed E-state index contributed by atoms with van der Waals surface area (Å²) in [4.78, 5) is 12.3. The second-order valence-corrected chi connectivity index (χ2v) is 7.51. The minimum Gasteiger partial charge on any atom is -0.348 e. The normalized spacial score (nSPS) is 26.8. The van der Waals surface area contributed by atoms with Crippen molar-refractivity contribution in [3.63, 3.8) is 0 Å². The van der Waals surface area contributed by atoms with E-state index in [1.54, 1.807) is 6.07 Å². The van der Waals surface area contributed by atoms with Gasteiger partial charge in [0.1, 0.15) is 5.82 Å². The minimum absolute atomic E-state index is 0.0157. The Balaban J connectivity index is 2.18. The van der Waals surface area contributed by atoms with Crippen LogP contribution in [-0.2, 0) is 0 Å². The molecule has 1 amide bonds. The maximum atomic E-state index is 13.5. The van der Waals surface area contributed by atoms with Gasteiger partial charge in [-0.15, -0.1) is 0 Å². The second kappa shape index (κ2) is 4.81. The van der Waals surface area contributed by atoms with E-state index >= 15 is 0 Å². The summed E-state index contributed by atoms with van der Waals surface area (Å²) in [7, 11) is 0. The molecule has 0 unspecified atom stereocenters. The number of rotatable bonds is 2. The highest BCUT2D eigenvalue weighted by Gasteiger charge is 2.60. The average molecular weight is 343 g/mol. The molecule has 0 bridgehead atoms. The first-order chi connectivity index (χ1) is 9.08. The molecule has 0 heterocycles. The summed E-state index contributed by atoms with van der Waals surface area (Å²) >= 11 is 3.07. The number of carbonyl (C=O) groups is 1. The predicted octanol–water partition coefficient (Wildman–Crippen LogP) is 3.08. The quantitative estimate of drug-likeness (QED) is 0.867. The van der Waals surface area contributed by atoms with E-state index in [2.05, 4.69) is 21.2 Å². The summed E-state index contributed by atoms with van der Waals surface area (Å²) in [6.45, 7) is 8.15. The van der Waals surface area contributed by atoms with Gasteiger partial charge in [-0.25, -0.2) is 4.39 Å². The number of nitrogens with two attached hydrogens (primary N) is 1. The van der Waals surface area contributed by atoms with Gasteiger partial charge in [-0.05, 0) is 34.1 Å². The van der Waals surface area contributed by atoms with Gasteiger partial charge in [-0.2, -0.15) is 0 Å². The van der Waals surface area contributed by atoms with Gasteiger partial charge in [0.2, 0.25) is 0 Å². The van der Waals surface area contributed by atoms with Crippen LogP contribution in [0.1, 0.15) is 38.1 Å².